The second kappa shape index (κ2) is 6.93. The zero-order valence-electron chi connectivity index (χ0n) is 11.6. The number of anilines is 1. The summed E-state index contributed by atoms with van der Waals surface area (Å²) in [4.78, 5) is 22.1. The third kappa shape index (κ3) is 4.31. The maximum absolute atomic E-state index is 12.1. The van der Waals surface area contributed by atoms with E-state index in [9.17, 15) is 4.79 Å². The third-order valence-corrected chi connectivity index (χ3v) is 2.40. The molecule has 0 bridgehead atoms. The predicted molar refractivity (Wildman–Crippen MR) is 72.6 cm³/mol. The molecule has 100 valence electrons. The molecular weight excluding hydrogens is 228 g/mol. The topological polar surface area (TPSA) is 58.1 Å². The first-order valence-corrected chi connectivity index (χ1v) is 6.36. The molecule has 0 fully saturated rings. The lowest BCUT2D eigenvalue weighted by atomic mass is 10.2. The summed E-state index contributed by atoms with van der Waals surface area (Å²) >= 11 is 0. The van der Waals surface area contributed by atoms with E-state index in [0.717, 1.165) is 13.0 Å². The number of nitrogens with one attached hydrogen (secondary N) is 1. The summed E-state index contributed by atoms with van der Waals surface area (Å²) < 4.78 is 0. The van der Waals surface area contributed by atoms with Gasteiger partial charge in [0.15, 0.2) is 0 Å². The fourth-order valence-electron chi connectivity index (χ4n) is 1.63. The highest BCUT2D eigenvalue weighted by molar-refractivity contribution is 5.92. The molecule has 5 heteroatoms. The van der Waals surface area contributed by atoms with Crippen molar-refractivity contribution in [3.63, 3.8) is 0 Å². The first kappa shape index (κ1) is 14.4. The van der Waals surface area contributed by atoms with Crippen LogP contribution in [0.4, 0.5) is 5.82 Å². The molecule has 0 spiro atoms. The molecule has 0 saturated carbocycles. The summed E-state index contributed by atoms with van der Waals surface area (Å²) in [7, 11) is 1.79. The highest BCUT2D eigenvalue weighted by Gasteiger charge is 2.14. The minimum absolute atomic E-state index is 0.0867. The predicted octanol–water partition coefficient (Wildman–Crippen LogP) is 2.03. The maximum Gasteiger partial charge on any atom is 0.273 e. The number of amides is 1. The van der Waals surface area contributed by atoms with Crippen LogP contribution >= 0.6 is 0 Å². The molecule has 1 aromatic rings. The first-order chi connectivity index (χ1) is 8.54. The molecule has 18 heavy (non-hydrogen) atoms. The van der Waals surface area contributed by atoms with Gasteiger partial charge in [-0.2, -0.15) is 0 Å². The molecule has 1 heterocycles. The Hall–Kier alpha value is -1.65. The van der Waals surface area contributed by atoms with Crippen LogP contribution in [-0.2, 0) is 0 Å². The minimum atomic E-state index is -0.0867. The second-order valence-corrected chi connectivity index (χ2v) is 4.80. The average Bonchev–Trinajstić information content (AvgIpc) is 2.35. The fraction of sp³-hybridized carbons (Fsp3) is 0.615. The molecule has 0 aliphatic heterocycles. The third-order valence-electron chi connectivity index (χ3n) is 2.40. The van der Waals surface area contributed by atoms with Crippen LogP contribution in [0.15, 0.2) is 12.4 Å². The van der Waals surface area contributed by atoms with Gasteiger partial charge < -0.3 is 10.2 Å². The number of hydrogen-bond donors (Lipinski definition) is 1. The van der Waals surface area contributed by atoms with Crippen molar-refractivity contribution in [3.05, 3.63) is 18.1 Å². The molecule has 1 rings (SSSR count). The summed E-state index contributed by atoms with van der Waals surface area (Å²) in [6.45, 7) is 7.77. The van der Waals surface area contributed by atoms with Gasteiger partial charge in [-0.15, -0.1) is 0 Å². The number of hydrogen-bond acceptors (Lipinski definition) is 4. The lowest BCUT2D eigenvalue weighted by Crippen LogP contribution is -2.31. The van der Waals surface area contributed by atoms with Gasteiger partial charge >= 0.3 is 0 Å². The van der Waals surface area contributed by atoms with Gasteiger partial charge in [0.05, 0.1) is 12.4 Å². The molecule has 0 atom stereocenters. The van der Waals surface area contributed by atoms with E-state index in [2.05, 4.69) is 36.1 Å². The number of rotatable bonds is 6. The lowest BCUT2D eigenvalue weighted by molar-refractivity contribution is 0.0773. The summed E-state index contributed by atoms with van der Waals surface area (Å²) in [5.41, 5.74) is 0.388. The van der Waals surface area contributed by atoms with E-state index in [1.165, 1.54) is 6.20 Å². The Morgan fingerprint density at radius 3 is 2.78 bits per heavy atom. The zero-order chi connectivity index (χ0) is 13.5. The smallest absolute Gasteiger partial charge is 0.273 e. The molecule has 1 N–H and O–H groups in total. The van der Waals surface area contributed by atoms with Gasteiger partial charge in [0.25, 0.3) is 5.91 Å². The van der Waals surface area contributed by atoms with E-state index in [-0.39, 0.29) is 5.91 Å². The van der Waals surface area contributed by atoms with E-state index < -0.39 is 0 Å². The van der Waals surface area contributed by atoms with E-state index >= 15 is 0 Å². The Labute approximate surface area is 109 Å². The van der Waals surface area contributed by atoms with Gasteiger partial charge in [0.1, 0.15) is 11.5 Å². The van der Waals surface area contributed by atoms with E-state index in [0.29, 0.717) is 24.0 Å². The van der Waals surface area contributed by atoms with Crippen LogP contribution in [0.2, 0.25) is 0 Å². The average molecular weight is 250 g/mol. The summed E-state index contributed by atoms with van der Waals surface area (Å²) in [5, 5.41) is 3.12. The molecule has 0 saturated heterocycles. The molecule has 0 aliphatic rings. The van der Waals surface area contributed by atoms with Crippen molar-refractivity contribution in [2.45, 2.75) is 27.2 Å². The molecule has 0 radical (unpaired) electrons. The fourth-order valence-corrected chi connectivity index (χ4v) is 1.63. The van der Waals surface area contributed by atoms with Crippen molar-refractivity contribution < 1.29 is 4.79 Å². The van der Waals surface area contributed by atoms with Crippen LogP contribution in [0.1, 0.15) is 37.7 Å². The molecule has 0 aromatic carbocycles. The Balaban J connectivity index is 2.73. The normalized spacial score (nSPS) is 10.5. The first-order valence-electron chi connectivity index (χ1n) is 6.36. The number of carbonyl (C=O) groups excluding carboxylic acids is 1. The molecule has 5 nitrogen and oxygen atoms in total. The zero-order valence-corrected chi connectivity index (χ0v) is 11.6. The highest BCUT2D eigenvalue weighted by Crippen LogP contribution is 2.06. The Kier molecular flexibility index (Phi) is 5.55. The second-order valence-electron chi connectivity index (χ2n) is 4.80. The molecular formula is C13H22N4O. The van der Waals surface area contributed by atoms with Crippen molar-refractivity contribution in [1.29, 1.82) is 0 Å². The quantitative estimate of drug-likeness (QED) is 0.839. The van der Waals surface area contributed by atoms with Crippen molar-refractivity contribution in [1.82, 2.24) is 14.9 Å². The lowest BCUT2D eigenvalue weighted by Gasteiger charge is -2.18. The van der Waals surface area contributed by atoms with E-state index in [1.54, 1.807) is 18.1 Å². The molecule has 1 amide bonds. The van der Waals surface area contributed by atoms with Crippen molar-refractivity contribution >= 4 is 11.7 Å². The summed E-state index contributed by atoms with van der Waals surface area (Å²) in [6, 6.07) is 0. The maximum atomic E-state index is 12.1. The van der Waals surface area contributed by atoms with Crippen LogP contribution in [0, 0.1) is 5.92 Å². The van der Waals surface area contributed by atoms with E-state index in [1.807, 2.05) is 0 Å². The molecule has 0 unspecified atom stereocenters. The van der Waals surface area contributed by atoms with Crippen LogP contribution in [0.25, 0.3) is 0 Å². The van der Waals surface area contributed by atoms with Crippen LogP contribution < -0.4 is 5.32 Å². The van der Waals surface area contributed by atoms with Gasteiger partial charge in [-0.05, 0) is 12.3 Å². The van der Waals surface area contributed by atoms with Crippen molar-refractivity contribution in [2.75, 3.05) is 25.5 Å². The van der Waals surface area contributed by atoms with Gasteiger partial charge in [-0.25, -0.2) is 4.98 Å². The highest BCUT2D eigenvalue weighted by atomic mass is 16.2. The van der Waals surface area contributed by atoms with E-state index in [4.69, 9.17) is 0 Å². The van der Waals surface area contributed by atoms with Gasteiger partial charge in [0, 0.05) is 20.1 Å². The van der Waals surface area contributed by atoms with Crippen LogP contribution in [0.3, 0.4) is 0 Å². The monoisotopic (exact) mass is 250 g/mol. The van der Waals surface area contributed by atoms with Crippen molar-refractivity contribution in [2.24, 2.45) is 5.92 Å². The van der Waals surface area contributed by atoms with Gasteiger partial charge in [-0.1, -0.05) is 20.8 Å². The number of aromatic nitrogens is 2. The largest absolute Gasteiger partial charge is 0.369 e. The van der Waals surface area contributed by atoms with Crippen LogP contribution in [0.5, 0.6) is 0 Å². The number of carbonyl (C=O) groups is 1. The van der Waals surface area contributed by atoms with Crippen molar-refractivity contribution in [3.8, 4) is 0 Å². The molecule has 0 aliphatic carbocycles. The Morgan fingerprint density at radius 1 is 1.44 bits per heavy atom. The SMILES string of the molecule is CCCNc1cncc(C(=O)N(C)CC(C)C)n1. The summed E-state index contributed by atoms with van der Waals surface area (Å²) in [6.07, 6.45) is 4.15. The van der Waals surface area contributed by atoms with Gasteiger partial charge in [-0.3, -0.25) is 9.78 Å². The van der Waals surface area contributed by atoms with Crippen LogP contribution in [-0.4, -0.2) is 40.9 Å². The number of nitrogens with zero attached hydrogens (tertiary/aromatic N) is 3. The van der Waals surface area contributed by atoms with Gasteiger partial charge in [0.2, 0.25) is 0 Å². The summed E-state index contributed by atoms with van der Waals surface area (Å²) in [5.74, 6) is 1.00. The standard InChI is InChI=1S/C13H22N4O/c1-5-6-15-12-8-14-7-11(16-12)13(18)17(4)9-10(2)3/h7-8,10H,5-6,9H2,1-4H3,(H,15,16). The molecule has 1 aromatic heterocycles. The Morgan fingerprint density at radius 2 is 2.17 bits per heavy atom. The minimum Gasteiger partial charge on any atom is -0.369 e. The Bertz CT molecular complexity index is 392.